The molecule has 0 aromatic carbocycles. The standard InChI is InChI=1S/C36H55FN6O5/c1-21(44)39-22-8-11-42(19-22)33-27(37)16-25-32-35(33)48-31-17-24-23-6-3-4-7-29(23)47-30(24)18-28(31)43(32)20-26(34(25)45)36(46)38-9-5-10-41-14-12-40(2)13-15-41/h20,22-25,27-33,35H,3-19H2,1-2H3,(H,38,46)(H,39,44)/t22-,23?,24?,25?,27?,28?,29?,30?,31?,32?,33?,35?/m1/s1. The van der Waals surface area contributed by atoms with Crippen LogP contribution in [0.5, 0.6) is 0 Å². The number of hydrogen-bond acceptors (Lipinski definition) is 9. The van der Waals surface area contributed by atoms with Crippen LogP contribution in [-0.4, -0.2) is 151 Å². The number of ketones is 1. The average Bonchev–Trinajstić information content (AvgIpc) is 3.67. The van der Waals surface area contributed by atoms with Crippen molar-refractivity contribution >= 4 is 17.6 Å². The molecule has 2 N–H and O–H groups in total. The molecule has 5 aliphatic heterocycles. The highest BCUT2D eigenvalue weighted by atomic mass is 19.1. The minimum absolute atomic E-state index is 0.0198. The van der Waals surface area contributed by atoms with Gasteiger partial charge >= 0.3 is 0 Å². The lowest BCUT2D eigenvalue weighted by Gasteiger charge is -2.61. The first kappa shape index (κ1) is 33.0. The van der Waals surface area contributed by atoms with Crippen molar-refractivity contribution in [3.63, 3.8) is 0 Å². The summed E-state index contributed by atoms with van der Waals surface area (Å²) in [6.07, 6.45) is 8.53. The maximum Gasteiger partial charge on any atom is 0.256 e. The molecule has 266 valence electrons. The quantitative estimate of drug-likeness (QED) is 0.307. The summed E-state index contributed by atoms with van der Waals surface area (Å²) in [5, 5.41) is 6.06. The third-order valence-electron chi connectivity index (χ3n) is 13.2. The summed E-state index contributed by atoms with van der Waals surface area (Å²) in [6, 6.07) is -0.872. The molecule has 11 nitrogen and oxygen atoms in total. The van der Waals surface area contributed by atoms with Crippen LogP contribution in [0.4, 0.5) is 4.39 Å². The highest BCUT2D eigenvalue weighted by Gasteiger charge is 2.62. The minimum Gasteiger partial charge on any atom is -0.374 e. The van der Waals surface area contributed by atoms with Crippen molar-refractivity contribution in [3.8, 4) is 0 Å². The lowest BCUT2D eigenvalue weighted by Crippen LogP contribution is -2.73. The molecule has 12 atom stereocenters. The summed E-state index contributed by atoms with van der Waals surface area (Å²) in [5.74, 6) is -0.329. The SMILES string of the molecule is CC(=O)N[C@@H]1CCN(C2C(F)CC3C(=O)C(C(=O)NCCCN4CCN(C)CC4)=CN4C5CC6OC7CCCCC7C6CC5OC2C34)C1. The number of ether oxygens (including phenoxy) is 2. The molecule has 0 spiro atoms. The number of amides is 2. The molecular weight excluding hydrogens is 615 g/mol. The van der Waals surface area contributed by atoms with Gasteiger partial charge in [-0.25, -0.2) is 4.39 Å². The number of carbonyl (C=O) groups is 3. The molecule has 7 fully saturated rings. The number of nitrogens with one attached hydrogen (secondary N) is 2. The zero-order chi connectivity index (χ0) is 33.1. The number of fused-ring (bicyclic) bond motifs is 5. The van der Waals surface area contributed by atoms with Crippen LogP contribution < -0.4 is 10.6 Å². The van der Waals surface area contributed by atoms with Crippen molar-refractivity contribution < 1.29 is 28.2 Å². The van der Waals surface area contributed by atoms with Crippen LogP contribution in [-0.2, 0) is 23.9 Å². The number of piperazine rings is 1. The fourth-order valence-electron chi connectivity index (χ4n) is 10.9. The van der Waals surface area contributed by atoms with E-state index in [-0.39, 0.29) is 59.9 Å². The van der Waals surface area contributed by atoms with Gasteiger partial charge in [0, 0.05) is 70.9 Å². The molecule has 2 amide bonds. The first-order chi connectivity index (χ1) is 23.2. The second kappa shape index (κ2) is 13.5. The molecule has 0 aromatic heterocycles. The maximum atomic E-state index is 16.5. The summed E-state index contributed by atoms with van der Waals surface area (Å²) in [7, 11) is 2.14. The number of hydrogen-bond donors (Lipinski definition) is 2. The van der Waals surface area contributed by atoms with Gasteiger partial charge in [0.15, 0.2) is 5.78 Å². The van der Waals surface area contributed by atoms with Gasteiger partial charge in [-0.05, 0) is 70.4 Å². The summed E-state index contributed by atoms with van der Waals surface area (Å²) < 4.78 is 30.3. The average molecular weight is 671 g/mol. The fraction of sp³-hybridized carbons (Fsp3) is 0.861. The minimum atomic E-state index is -1.27. The first-order valence-corrected chi connectivity index (χ1v) is 18.9. The smallest absolute Gasteiger partial charge is 0.256 e. The highest BCUT2D eigenvalue weighted by Crippen LogP contribution is 2.53. The number of rotatable bonds is 7. The molecule has 8 rings (SSSR count). The lowest BCUT2D eigenvalue weighted by atomic mass is 9.67. The molecular formula is C36H55FN6O5. The Kier molecular flexibility index (Phi) is 9.32. The Labute approximate surface area is 284 Å². The molecule has 0 aromatic rings. The maximum absolute atomic E-state index is 16.5. The number of likely N-dealkylation sites (tertiary alicyclic amines) is 1. The van der Waals surface area contributed by atoms with Gasteiger partial charge in [-0.1, -0.05) is 12.8 Å². The zero-order valence-corrected chi connectivity index (χ0v) is 28.7. The molecule has 8 aliphatic rings. The van der Waals surface area contributed by atoms with E-state index in [2.05, 4.69) is 37.3 Å². The number of Topliss-reactive ketones (excluding diaryl/α,β-unsaturated/α-hetero) is 1. The number of halogens is 1. The van der Waals surface area contributed by atoms with E-state index in [4.69, 9.17) is 9.47 Å². The van der Waals surface area contributed by atoms with E-state index in [1.54, 1.807) is 0 Å². The monoisotopic (exact) mass is 670 g/mol. The lowest BCUT2D eigenvalue weighted by molar-refractivity contribution is -0.220. The van der Waals surface area contributed by atoms with E-state index in [1.807, 2.05) is 6.20 Å². The third kappa shape index (κ3) is 6.11. The molecule has 0 radical (unpaired) electrons. The van der Waals surface area contributed by atoms with E-state index in [9.17, 15) is 14.4 Å². The van der Waals surface area contributed by atoms with E-state index < -0.39 is 24.2 Å². The Morgan fingerprint density at radius 3 is 2.56 bits per heavy atom. The molecule has 4 saturated heterocycles. The topological polar surface area (TPSA) is 107 Å². The van der Waals surface area contributed by atoms with Crippen LogP contribution in [0.15, 0.2) is 11.8 Å². The van der Waals surface area contributed by atoms with Crippen molar-refractivity contribution in [2.75, 3.05) is 59.4 Å². The molecule has 12 heteroatoms. The Balaban J connectivity index is 1.03. The van der Waals surface area contributed by atoms with Crippen LogP contribution in [0.3, 0.4) is 0 Å². The third-order valence-corrected chi connectivity index (χ3v) is 13.2. The van der Waals surface area contributed by atoms with Gasteiger partial charge in [-0.2, -0.15) is 0 Å². The van der Waals surface area contributed by atoms with E-state index >= 15 is 4.39 Å². The Morgan fingerprint density at radius 1 is 0.938 bits per heavy atom. The summed E-state index contributed by atoms with van der Waals surface area (Å²) in [4.78, 5) is 48.8. The van der Waals surface area contributed by atoms with Crippen LogP contribution in [0.25, 0.3) is 0 Å². The summed E-state index contributed by atoms with van der Waals surface area (Å²) >= 11 is 0. The molecule has 5 heterocycles. The van der Waals surface area contributed by atoms with Crippen LogP contribution >= 0.6 is 0 Å². The second-order valence-corrected chi connectivity index (χ2v) is 16.1. The predicted molar refractivity (Wildman–Crippen MR) is 177 cm³/mol. The Morgan fingerprint density at radius 2 is 1.75 bits per heavy atom. The van der Waals surface area contributed by atoms with Crippen molar-refractivity contribution in [2.24, 2.45) is 17.8 Å². The Hall–Kier alpha value is -2.12. The van der Waals surface area contributed by atoms with E-state index in [0.29, 0.717) is 37.6 Å². The fourth-order valence-corrected chi connectivity index (χ4v) is 10.9. The van der Waals surface area contributed by atoms with Crippen LogP contribution in [0.1, 0.15) is 64.7 Å². The molecule has 48 heavy (non-hydrogen) atoms. The Bertz CT molecular complexity index is 1280. The number of carbonyl (C=O) groups excluding carboxylic acids is 3. The van der Waals surface area contributed by atoms with Crippen LogP contribution in [0, 0.1) is 17.8 Å². The molecule has 3 aliphatic carbocycles. The summed E-state index contributed by atoms with van der Waals surface area (Å²) in [5.41, 5.74) is 0.163. The predicted octanol–water partition coefficient (Wildman–Crippen LogP) is 1.32. The first-order valence-electron chi connectivity index (χ1n) is 18.9. The molecule has 11 unspecified atom stereocenters. The summed E-state index contributed by atoms with van der Waals surface area (Å²) in [6.45, 7) is 8.35. The number of morpholine rings is 1. The van der Waals surface area contributed by atoms with E-state index in [1.165, 1.54) is 26.2 Å². The number of alkyl halides is 1. The molecule has 0 bridgehead atoms. The van der Waals surface area contributed by atoms with Gasteiger partial charge in [0.1, 0.15) is 6.17 Å². The largest absolute Gasteiger partial charge is 0.374 e. The van der Waals surface area contributed by atoms with Crippen molar-refractivity contribution in [2.45, 2.75) is 119 Å². The van der Waals surface area contributed by atoms with Gasteiger partial charge in [-0.3, -0.25) is 19.3 Å². The van der Waals surface area contributed by atoms with Crippen molar-refractivity contribution in [1.82, 2.24) is 30.2 Å². The van der Waals surface area contributed by atoms with E-state index in [0.717, 1.165) is 64.8 Å². The van der Waals surface area contributed by atoms with Gasteiger partial charge < -0.3 is 34.8 Å². The van der Waals surface area contributed by atoms with Crippen molar-refractivity contribution in [3.05, 3.63) is 11.8 Å². The normalized spacial score (nSPS) is 43.1. The van der Waals surface area contributed by atoms with Gasteiger partial charge in [0.05, 0.1) is 48.1 Å². The number of nitrogens with zero attached hydrogens (tertiary/aromatic N) is 4. The van der Waals surface area contributed by atoms with Crippen molar-refractivity contribution in [1.29, 1.82) is 0 Å². The zero-order valence-electron chi connectivity index (χ0n) is 28.7. The van der Waals surface area contributed by atoms with Gasteiger partial charge in [0.2, 0.25) is 5.91 Å². The van der Waals surface area contributed by atoms with Gasteiger partial charge in [-0.15, -0.1) is 0 Å². The highest BCUT2D eigenvalue weighted by molar-refractivity contribution is 6.20. The number of likely N-dealkylation sites (N-methyl/N-ethyl adjacent to an activating group) is 1. The van der Waals surface area contributed by atoms with Gasteiger partial charge in [0.25, 0.3) is 5.91 Å². The second-order valence-electron chi connectivity index (χ2n) is 16.1. The molecule has 3 saturated carbocycles. The van der Waals surface area contributed by atoms with Crippen LogP contribution in [0.2, 0.25) is 0 Å².